The van der Waals surface area contributed by atoms with E-state index in [1.165, 1.54) is 4.90 Å². The molecule has 0 aliphatic carbocycles. The second-order valence-corrected chi connectivity index (χ2v) is 5.92. The molecule has 1 aliphatic rings. The van der Waals surface area contributed by atoms with E-state index in [-0.39, 0.29) is 5.91 Å². The fourth-order valence-electron chi connectivity index (χ4n) is 2.18. The van der Waals surface area contributed by atoms with E-state index in [1.807, 2.05) is 19.1 Å². The minimum atomic E-state index is -0.127. The van der Waals surface area contributed by atoms with E-state index in [0.717, 1.165) is 10.0 Å². The normalized spacial score (nSPS) is 16.7. The topological polar surface area (TPSA) is 42.0 Å². The van der Waals surface area contributed by atoms with Gasteiger partial charge in [-0.15, -0.1) is 0 Å². The molecule has 0 radical (unpaired) electrons. The lowest BCUT2D eigenvalue weighted by atomic mass is 10.1. The summed E-state index contributed by atoms with van der Waals surface area (Å²) in [6.07, 6.45) is 1.78. The molecule has 0 saturated carbocycles. The predicted molar refractivity (Wildman–Crippen MR) is 93.0 cm³/mol. The molecule has 1 aliphatic heterocycles. The summed E-state index contributed by atoms with van der Waals surface area (Å²) in [5, 5.41) is 0.480. The maximum absolute atomic E-state index is 12.2. The number of amides is 1. The van der Waals surface area contributed by atoms with Gasteiger partial charge in [-0.3, -0.25) is 9.69 Å². The van der Waals surface area contributed by atoms with Gasteiger partial charge in [-0.05, 0) is 58.8 Å². The van der Waals surface area contributed by atoms with Gasteiger partial charge in [0.05, 0.1) is 18.2 Å². The highest BCUT2D eigenvalue weighted by molar-refractivity contribution is 9.10. The van der Waals surface area contributed by atoms with Crippen LogP contribution in [0.1, 0.15) is 12.5 Å². The lowest BCUT2D eigenvalue weighted by molar-refractivity contribution is -0.121. The highest BCUT2D eigenvalue weighted by Gasteiger charge is 2.32. The van der Waals surface area contributed by atoms with Crippen LogP contribution in [0.15, 0.2) is 22.3 Å². The first kappa shape index (κ1) is 16.8. The number of benzene rings is 1. The number of carbonyl (C=O) groups is 1. The van der Waals surface area contributed by atoms with Crippen LogP contribution in [0.3, 0.4) is 0 Å². The van der Waals surface area contributed by atoms with Crippen molar-refractivity contribution in [3.05, 3.63) is 27.9 Å². The van der Waals surface area contributed by atoms with Crippen molar-refractivity contribution in [3.63, 3.8) is 0 Å². The maximum Gasteiger partial charge on any atom is 0.276 e. The summed E-state index contributed by atoms with van der Waals surface area (Å²) in [7, 11) is 5.03. The summed E-state index contributed by atoms with van der Waals surface area (Å²) in [4.78, 5) is 15.3. The molecule has 1 aromatic rings. The third-order valence-electron chi connectivity index (χ3n) is 3.30. The van der Waals surface area contributed by atoms with Crippen molar-refractivity contribution in [3.8, 4) is 11.5 Å². The molecule has 2 rings (SSSR count). The number of nitrogens with zero attached hydrogens (tertiary/aromatic N) is 2. The van der Waals surface area contributed by atoms with Crippen molar-refractivity contribution in [2.45, 2.75) is 6.92 Å². The smallest absolute Gasteiger partial charge is 0.276 e. The quantitative estimate of drug-likeness (QED) is 0.589. The monoisotopic (exact) mass is 384 g/mol. The fraction of sp³-hybridized carbons (Fsp3) is 0.333. The van der Waals surface area contributed by atoms with Gasteiger partial charge in [0.15, 0.2) is 16.6 Å². The number of likely N-dealkylation sites (N-methyl/N-ethyl adjacent to an activating group) is 2. The molecule has 5 nitrogen and oxygen atoms in total. The Kier molecular flexibility index (Phi) is 5.08. The van der Waals surface area contributed by atoms with Crippen molar-refractivity contribution in [2.24, 2.45) is 0 Å². The number of halogens is 1. The van der Waals surface area contributed by atoms with Crippen molar-refractivity contribution >= 4 is 45.2 Å². The van der Waals surface area contributed by atoms with Gasteiger partial charge in [-0.1, -0.05) is 0 Å². The van der Waals surface area contributed by atoms with Crippen LogP contribution in [-0.2, 0) is 4.79 Å². The zero-order valence-corrected chi connectivity index (χ0v) is 15.2. The molecule has 0 aromatic heterocycles. The molecule has 1 fully saturated rings. The Balaban J connectivity index is 2.48. The van der Waals surface area contributed by atoms with Gasteiger partial charge in [-0.25, -0.2) is 0 Å². The minimum absolute atomic E-state index is 0.127. The van der Waals surface area contributed by atoms with Gasteiger partial charge < -0.3 is 14.4 Å². The van der Waals surface area contributed by atoms with Gasteiger partial charge in [0.2, 0.25) is 0 Å². The second-order valence-electron chi connectivity index (χ2n) is 4.70. The minimum Gasteiger partial charge on any atom is -0.492 e. The summed E-state index contributed by atoms with van der Waals surface area (Å²) in [6.45, 7) is 2.43. The number of ether oxygens (including phenoxy) is 2. The Morgan fingerprint density at radius 1 is 1.32 bits per heavy atom. The van der Waals surface area contributed by atoms with Crippen molar-refractivity contribution < 1.29 is 14.3 Å². The van der Waals surface area contributed by atoms with Gasteiger partial charge in [-0.2, -0.15) is 0 Å². The van der Waals surface area contributed by atoms with Crippen molar-refractivity contribution in [2.75, 3.05) is 27.8 Å². The summed E-state index contributed by atoms with van der Waals surface area (Å²) < 4.78 is 11.7. The van der Waals surface area contributed by atoms with E-state index in [0.29, 0.717) is 28.9 Å². The van der Waals surface area contributed by atoms with Crippen LogP contribution in [0.25, 0.3) is 6.08 Å². The molecule has 118 valence electrons. The summed E-state index contributed by atoms with van der Waals surface area (Å²) in [6, 6.07) is 3.71. The zero-order valence-electron chi connectivity index (χ0n) is 12.8. The summed E-state index contributed by atoms with van der Waals surface area (Å²) in [5.74, 6) is 1.12. The van der Waals surface area contributed by atoms with E-state index in [2.05, 4.69) is 15.9 Å². The van der Waals surface area contributed by atoms with Crippen LogP contribution in [-0.4, -0.2) is 48.6 Å². The van der Waals surface area contributed by atoms with Gasteiger partial charge >= 0.3 is 0 Å². The van der Waals surface area contributed by atoms with Gasteiger partial charge in [0.25, 0.3) is 5.91 Å². The molecule has 0 unspecified atom stereocenters. The van der Waals surface area contributed by atoms with E-state index in [1.54, 1.807) is 32.2 Å². The molecule has 0 N–H and O–H groups in total. The third kappa shape index (κ3) is 2.96. The molecule has 1 aromatic carbocycles. The van der Waals surface area contributed by atoms with Crippen LogP contribution in [0.4, 0.5) is 0 Å². The lowest BCUT2D eigenvalue weighted by Crippen LogP contribution is -2.26. The molecule has 0 atom stereocenters. The molecule has 7 heteroatoms. The van der Waals surface area contributed by atoms with Gasteiger partial charge in [0, 0.05) is 14.1 Å². The number of hydrogen-bond donors (Lipinski definition) is 0. The first-order chi connectivity index (χ1) is 10.4. The largest absolute Gasteiger partial charge is 0.492 e. The van der Waals surface area contributed by atoms with E-state index in [4.69, 9.17) is 21.7 Å². The highest BCUT2D eigenvalue weighted by atomic mass is 79.9. The lowest BCUT2D eigenvalue weighted by Gasteiger charge is -2.13. The van der Waals surface area contributed by atoms with Crippen LogP contribution < -0.4 is 9.47 Å². The number of hydrogen-bond acceptors (Lipinski definition) is 4. The van der Waals surface area contributed by atoms with E-state index >= 15 is 0 Å². The van der Waals surface area contributed by atoms with Gasteiger partial charge in [0.1, 0.15) is 5.70 Å². The fourth-order valence-corrected chi connectivity index (χ4v) is 2.98. The molecular weight excluding hydrogens is 368 g/mol. The molecule has 1 amide bonds. The third-order valence-corrected chi connectivity index (χ3v) is 4.43. The Morgan fingerprint density at radius 3 is 2.50 bits per heavy atom. The maximum atomic E-state index is 12.2. The highest BCUT2D eigenvalue weighted by Crippen LogP contribution is 2.37. The van der Waals surface area contributed by atoms with E-state index < -0.39 is 0 Å². The standard InChI is InChI=1S/C15H17BrN2O3S/c1-5-21-12-8-9(6-10(16)13(12)20-4)7-11-14(19)18(3)15(22)17(11)2/h6-8H,5H2,1-4H3/b11-7-. The first-order valence-electron chi connectivity index (χ1n) is 6.68. The first-order valence-corrected chi connectivity index (χ1v) is 7.88. The van der Waals surface area contributed by atoms with Crippen LogP contribution in [0.5, 0.6) is 11.5 Å². The Morgan fingerprint density at radius 2 is 2.00 bits per heavy atom. The van der Waals surface area contributed by atoms with E-state index in [9.17, 15) is 4.79 Å². The number of methoxy groups -OCH3 is 1. The average molecular weight is 385 g/mol. The number of carbonyl (C=O) groups excluding carboxylic acids is 1. The molecular formula is C15H17BrN2O3S. The SMILES string of the molecule is CCOc1cc(/C=C2/C(=O)N(C)C(=S)N2C)cc(Br)c1OC. The summed E-state index contributed by atoms with van der Waals surface area (Å²) in [5.41, 5.74) is 1.34. The molecule has 1 heterocycles. The van der Waals surface area contributed by atoms with Crippen LogP contribution in [0.2, 0.25) is 0 Å². The predicted octanol–water partition coefficient (Wildman–Crippen LogP) is 2.89. The zero-order chi connectivity index (χ0) is 16.4. The Labute approximate surface area is 143 Å². The Bertz CT molecular complexity index is 660. The van der Waals surface area contributed by atoms with Crippen molar-refractivity contribution in [1.29, 1.82) is 0 Å². The molecule has 0 bridgehead atoms. The molecule has 22 heavy (non-hydrogen) atoms. The van der Waals surface area contributed by atoms with Crippen LogP contribution in [0, 0.1) is 0 Å². The summed E-state index contributed by atoms with van der Waals surface area (Å²) >= 11 is 8.67. The average Bonchev–Trinajstić information content (AvgIpc) is 2.65. The number of thiocarbonyl (C=S) groups is 1. The molecule has 1 saturated heterocycles. The van der Waals surface area contributed by atoms with Crippen LogP contribution >= 0.6 is 28.1 Å². The number of rotatable bonds is 4. The van der Waals surface area contributed by atoms with Crippen molar-refractivity contribution in [1.82, 2.24) is 9.80 Å². The second kappa shape index (κ2) is 6.66. The Hall–Kier alpha value is -1.60. The molecule has 0 spiro atoms.